The van der Waals surface area contributed by atoms with Gasteiger partial charge in [0.1, 0.15) is 18.9 Å². The highest BCUT2D eigenvalue weighted by atomic mass is 32.2. The van der Waals surface area contributed by atoms with Gasteiger partial charge in [-0.2, -0.15) is 0 Å². The summed E-state index contributed by atoms with van der Waals surface area (Å²) in [7, 11) is -2.39. The van der Waals surface area contributed by atoms with Crippen molar-refractivity contribution >= 4 is 33.4 Å². The maximum atomic E-state index is 12.9. The van der Waals surface area contributed by atoms with Crippen molar-refractivity contribution in [3.63, 3.8) is 0 Å². The van der Waals surface area contributed by atoms with Crippen molar-refractivity contribution in [2.24, 2.45) is 0 Å². The average molecular weight is 484 g/mol. The number of carbonyl (C=O) groups is 2. The van der Waals surface area contributed by atoms with Crippen LogP contribution in [0.2, 0.25) is 0 Å². The first-order valence-corrected chi connectivity index (χ1v) is 11.8. The molecule has 0 fully saturated rings. The van der Waals surface area contributed by atoms with E-state index in [1.54, 1.807) is 43.3 Å². The van der Waals surface area contributed by atoms with Crippen molar-refractivity contribution in [3.8, 4) is 5.75 Å². The molecule has 0 bridgehead atoms. The molecule has 2 amide bonds. The minimum Gasteiger partial charge on any atom is -0.497 e. The minimum absolute atomic E-state index is 0.0105. The first-order chi connectivity index (χ1) is 16.3. The highest BCUT2D eigenvalue weighted by molar-refractivity contribution is 7.92. The number of hydrogen-bond donors (Lipinski definition) is 3. The number of amides is 2. The maximum Gasteiger partial charge on any atom is 0.407 e. The van der Waals surface area contributed by atoms with Gasteiger partial charge in [0.25, 0.3) is 10.0 Å². The van der Waals surface area contributed by atoms with E-state index in [2.05, 4.69) is 15.4 Å². The lowest BCUT2D eigenvalue weighted by molar-refractivity contribution is -0.115. The second kappa shape index (κ2) is 11.2. The molecule has 3 aromatic carbocycles. The van der Waals surface area contributed by atoms with E-state index in [9.17, 15) is 18.0 Å². The van der Waals surface area contributed by atoms with Crippen molar-refractivity contribution in [3.05, 3.63) is 83.9 Å². The third-order valence-electron chi connectivity index (χ3n) is 4.71. The molecule has 0 aliphatic heterocycles. The Morgan fingerprint density at radius 2 is 1.59 bits per heavy atom. The predicted octanol–water partition coefficient (Wildman–Crippen LogP) is 3.67. The number of carbonyl (C=O) groups excluding carboxylic acids is 2. The zero-order valence-electron chi connectivity index (χ0n) is 18.7. The molecule has 0 spiro atoms. The standard InChI is InChI=1S/C24H25N3O6S/c1-17-8-9-20(14-22(17)34(30,31)27-19-10-12-21(32-2)13-11-19)26-23(28)15-25-24(29)33-16-18-6-4-3-5-7-18/h3-14,27H,15-16H2,1-2H3,(H,25,29)(H,26,28). The van der Waals surface area contributed by atoms with E-state index < -0.39 is 22.0 Å². The molecule has 0 heterocycles. The summed E-state index contributed by atoms with van der Waals surface area (Å²) in [5.74, 6) is 0.0633. The molecule has 0 unspecified atom stereocenters. The molecule has 0 atom stereocenters. The summed E-state index contributed by atoms with van der Waals surface area (Å²) in [5, 5.41) is 4.93. The Kier molecular flexibility index (Phi) is 8.10. The fraction of sp³-hybridized carbons (Fsp3) is 0.167. The Bertz CT molecular complexity index is 1250. The van der Waals surface area contributed by atoms with Gasteiger partial charge < -0.3 is 20.1 Å². The summed E-state index contributed by atoms with van der Waals surface area (Å²) < 4.78 is 38.4. The van der Waals surface area contributed by atoms with Crippen LogP contribution in [0.15, 0.2) is 77.7 Å². The van der Waals surface area contributed by atoms with Crippen LogP contribution >= 0.6 is 0 Å². The van der Waals surface area contributed by atoms with Crippen LogP contribution in [-0.4, -0.2) is 34.1 Å². The van der Waals surface area contributed by atoms with Crippen molar-refractivity contribution < 1.29 is 27.5 Å². The maximum absolute atomic E-state index is 12.9. The number of methoxy groups -OCH3 is 1. The average Bonchev–Trinajstić information content (AvgIpc) is 2.83. The second-order valence-corrected chi connectivity index (χ2v) is 8.93. The van der Waals surface area contributed by atoms with Gasteiger partial charge in [0.15, 0.2) is 0 Å². The highest BCUT2D eigenvalue weighted by Gasteiger charge is 2.18. The molecule has 0 saturated carbocycles. The number of rotatable bonds is 9. The van der Waals surface area contributed by atoms with Gasteiger partial charge in [0.2, 0.25) is 5.91 Å². The van der Waals surface area contributed by atoms with Gasteiger partial charge in [-0.15, -0.1) is 0 Å². The van der Waals surface area contributed by atoms with Gasteiger partial charge >= 0.3 is 6.09 Å². The van der Waals surface area contributed by atoms with Crippen LogP contribution in [0.4, 0.5) is 16.2 Å². The second-order valence-electron chi connectivity index (χ2n) is 7.28. The van der Waals surface area contributed by atoms with E-state index in [1.165, 1.54) is 13.2 Å². The van der Waals surface area contributed by atoms with E-state index in [0.717, 1.165) is 5.56 Å². The summed E-state index contributed by atoms with van der Waals surface area (Å²) in [4.78, 5) is 24.0. The number of ether oxygens (including phenoxy) is 2. The minimum atomic E-state index is -3.91. The number of aryl methyl sites for hydroxylation is 1. The smallest absolute Gasteiger partial charge is 0.407 e. The zero-order valence-corrected chi connectivity index (χ0v) is 19.5. The fourth-order valence-electron chi connectivity index (χ4n) is 2.97. The van der Waals surface area contributed by atoms with E-state index in [-0.39, 0.29) is 23.7 Å². The van der Waals surface area contributed by atoms with Gasteiger partial charge in [-0.3, -0.25) is 9.52 Å². The topological polar surface area (TPSA) is 123 Å². The Hall–Kier alpha value is -4.05. The summed E-state index contributed by atoms with van der Waals surface area (Å²) >= 11 is 0. The zero-order chi connectivity index (χ0) is 24.6. The number of nitrogens with one attached hydrogen (secondary N) is 3. The van der Waals surface area contributed by atoms with E-state index >= 15 is 0 Å². The highest BCUT2D eigenvalue weighted by Crippen LogP contribution is 2.24. The van der Waals surface area contributed by atoms with Gasteiger partial charge in [0.05, 0.1) is 12.0 Å². The molecule has 3 rings (SSSR count). The van der Waals surface area contributed by atoms with Crippen molar-refractivity contribution in [2.75, 3.05) is 23.7 Å². The Morgan fingerprint density at radius 3 is 2.26 bits per heavy atom. The van der Waals surface area contributed by atoms with Gasteiger partial charge in [-0.25, -0.2) is 13.2 Å². The van der Waals surface area contributed by atoms with E-state index in [1.807, 2.05) is 30.3 Å². The first-order valence-electron chi connectivity index (χ1n) is 10.3. The quantitative estimate of drug-likeness (QED) is 0.427. The number of hydrogen-bond acceptors (Lipinski definition) is 6. The van der Waals surface area contributed by atoms with Crippen LogP contribution in [0.3, 0.4) is 0 Å². The van der Waals surface area contributed by atoms with Crippen molar-refractivity contribution in [1.29, 1.82) is 0 Å². The number of alkyl carbamates (subject to hydrolysis) is 1. The van der Waals surface area contributed by atoms with Gasteiger partial charge in [0, 0.05) is 11.4 Å². The lowest BCUT2D eigenvalue weighted by Gasteiger charge is -2.13. The Morgan fingerprint density at radius 1 is 0.912 bits per heavy atom. The molecule has 178 valence electrons. The molecule has 0 aromatic heterocycles. The van der Waals surface area contributed by atoms with Gasteiger partial charge in [-0.05, 0) is 54.4 Å². The molecule has 10 heteroatoms. The number of anilines is 2. The molecule has 0 aliphatic rings. The molecule has 0 saturated heterocycles. The van der Waals surface area contributed by atoms with Crippen LogP contribution in [0, 0.1) is 6.92 Å². The van der Waals surface area contributed by atoms with Crippen LogP contribution in [-0.2, 0) is 26.2 Å². The van der Waals surface area contributed by atoms with Gasteiger partial charge in [-0.1, -0.05) is 36.4 Å². The van der Waals surface area contributed by atoms with Crippen molar-refractivity contribution in [1.82, 2.24) is 5.32 Å². The first kappa shape index (κ1) is 24.6. The number of sulfonamides is 1. The van der Waals surface area contributed by atoms with Crippen LogP contribution in [0.5, 0.6) is 5.75 Å². The monoisotopic (exact) mass is 483 g/mol. The Balaban J connectivity index is 1.57. The van der Waals surface area contributed by atoms with Crippen LogP contribution in [0.25, 0.3) is 0 Å². The molecule has 0 radical (unpaired) electrons. The van der Waals surface area contributed by atoms with Crippen LogP contribution in [0.1, 0.15) is 11.1 Å². The summed E-state index contributed by atoms with van der Waals surface area (Å²) in [6.45, 7) is 1.39. The lowest BCUT2D eigenvalue weighted by Crippen LogP contribution is -2.33. The normalized spacial score (nSPS) is 10.8. The summed E-state index contributed by atoms with van der Waals surface area (Å²) in [6.07, 6.45) is -0.741. The summed E-state index contributed by atoms with van der Waals surface area (Å²) in [6, 6.07) is 20.1. The van der Waals surface area contributed by atoms with Crippen molar-refractivity contribution in [2.45, 2.75) is 18.4 Å². The predicted molar refractivity (Wildman–Crippen MR) is 128 cm³/mol. The number of benzene rings is 3. The molecular formula is C24H25N3O6S. The molecule has 34 heavy (non-hydrogen) atoms. The van der Waals surface area contributed by atoms with Crippen LogP contribution < -0.4 is 20.1 Å². The molecule has 3 aromatic rings. The SMILES string of the molecule is COc1ccc(NS(=O)(=O)c2cc(NC(=O)CNC(=O)OCc3ccccc3)ccc2C)cc1. The molecule has 3 N–H and O–H groups in total. The Labute approximate surface area is 198 Å². The lowest BCUT2D eigenvalue weighted by atomic mass is 10.2. The largest absolute Gasteiger partial charge is 0.497 e. The van der Waals surface area contributed by atoms with E-state index in [0.29, 0.717) is 17.0 Å². The fourth-order valence-corrected chi connectivity index (χ4v) is 4.30. The summed E-state index contributed by atoms with van der Waals surface area (Å²) in [5.41, 5.74) is 1.96. The molecular weight excluding hydrogens is 458 g/mol. The van der Waals surface area contributed by atoms with E-state index in [4.69, 9.17) is 9.47 Å². The molecule has 9 nitrogen and oxygen atoms in total. The molecule has 0 aliphatic carbocycles. The third kappa shape index (κ3) is 6.97. The third-order valence-corrected chi connectivity index (χ3v) is 6.23.